The van der Waals surface area contributed by atoms with Crippen molar-refractivity contribution < 1.29 is 68.2 Å². The molecule has 0 heterocycles. The molecule has 14 nitrogen and oxygen atoms in total. The zero-order chi connectivity index (χ0) is 44.4. The van der Waals surface area contributed by atoms with Crippen LogP contribution in [0, 0.1) is 0 Å². The van der Waals surface area contributed by atoms with Crippen LogP contribution in [0.4, 0.5) is 0 Å². The highest BCUT2D eigenvalue weighted by molar-refractivity contribution is 7.47. The fraction of sp³-hybridized carbons (Fsp3) is 0.733. The maximum absolute atomic E-state index is 12.8. The van der Waals surface area contributed by atoms with E-state index in [1.54, 1.807) is 6.92 Å². The monoisotopic (exact) mass is 873 g/mol. The van der Waals surface area contributed by atoms with Crippen molar-refractivity contribution in [2.24, 2.45) is 0 Å². The molecule has 0 aromatic carbocycles. The molecule has 1 fully saturated rings. The number of carbonyl (C=O) groups is 2. The highest BCUT2D eigenvalue weighted by Gasteiger charge is 2.51. The van der Waals surface area contributed by atoms with Gasteiger partial charge in [-0.25, -0.2) is 4.57 Å². The van der Waals surface area contributed by atoms with Crippen LogP contribution < -0.4 is 0 Å². The van der Waals surface area contributed by atoms with Gasteiger partial charge < -0.3 is 45.0 Å². The Morgan fingerprint density at radius 2 is 1.03 bits per heavy atom. The van der Waals surface area contributed by atoms with Gasteiger partial charge in [-0.3, -0.25) is 18.6 Å². The number of aliphatic hydroxyl groups is 6. The second-order valence-corrected chi connectivity index (χ2v) is 16.9. The van der Waals surface area contributed by atoms with Crippen molar-refractivity contribution in [1.82, 2.24) is 0 Å². The summed E-state index contributed by atoms with van der Waals surface area (Å²) in [5.74, 6) is -1.20. The highest BCUT2D eigenvalue weighted by atomic mass is 31.2. The molecule has 9 atom stereocenters. The topological polar surface area (TPSA) is 230 Å². The van der Waals surface area contributed by atoms with E-state index < -0.39 is 75.7 Å². The summed E-state index contributed by atoms with van der Waals surface area (Å²) in [4.78, 5) is 35.6. The number of ether oxygens (including phenoxy) is 2. The molecule has 0 saturated heterocycles. The van der Waals surface area contributed by atoms with Gasteiger partial charge in [0.15, 0.2) is 6.10 Å². The van der Waals surface area contributed by atoms with Crippen molar-refractivity contribution in [3.63, 3.8) is 0 Å². The number of aliphatic hydroxyl groups excluding tert-OH is 6. The second kappa shape index (κ2) is 35.0. The standard InChI is InChI=1S/C45H77O14P/c1-3-4-5-6-7-8-9-13-18-21-24-27-30-33-39(48)58-37(35-57-60(54,55)59-45-43(52)41(50)40(49)42(51)44(45)53)34-56-38(47)32-29-26-23-20-17-15-12-10-11-14-16-19-22-25-28-31-36(2)46/h8-9,11-12,14-15,19-20,22-23,36-37,40-46,49-53H,3-7,10,13,16-18,21,24-35H2,1-2H3,(H,54,55)/b9-8-,14-11-,15-12-,22-19-,23-20-/t36-,37-,40?,41-,42+,43-,44-,45?/m1/s1. The third-order valence-corrected chi connectivity index (χ3v) is 10.8. The minimum absolute atomic E-state index is 0.0661. The molecule has 0 spiro atoms. The van der Waals surface area contributed by atoms with Crippen LogP contribution in [0.2, 0.25) is 0 Å². The summed E-state index contributed by atoms with van der Waals surface area (Å²) in [5, 5.41) is 59.3. The summed E-state index contributed by atoms with van der Waals surface area (Å²) in [6.07, 6.45) is 25.6. The normalized spacial score (nSPS) is 23.3. The molecule has 0 aliphatic heterocycles. The first-order valence-corrected chi connectivity index (χ1v) is 23.6. The van der Waals surface area contributed by atoms with Gasteiger partial charge >= 0.3 is 19.8 Å². The van der Waals surface area contributed by atoms with E-state index in [4.69, 9.17) is 18.5 Å². The van der Waals surface area contributed by atoms with Gasteiger partial charge in [-0.15, -0.1) is 0 Å². The van der Waals surface area contributed by atoms with Crippen molar-refractivity contribution in [2.75, 3.05) is 13.2 Å². The number of unbranched alkanes of at least 4 members (excludes halogenated alkanes) is 11. The molecule has 0 aromatic heterocycles. The molecular formula is C45H77O14P. The molecular weight excluding hydrogens is 795 g/mol. The number of allylic oxidation sites excluding steroid dienone is 10. The molecule has 15 heteroatoms. The lowest BCUT2D eigenvalue weighted by molar-refractivity contribution is -0.220. The van der Waals surface area contributed by atoms with Crippen LogP contribution in [0.15, 0.2) is 60.8 Å². The predicted octanol–water partition coefficient (Wildman–Crippen LogP) is 7.14. The summed E-state index contributed by atoms with van der Waals surface area (Å²) >= 11 is 0. The molecule has 0 bridgehead atoms. The minimum Gasteiger partial charge on any atom is -0.462 e. The van der Waals surface area contributed by atoms with Gasteiger partial charge in [0.25, 0.3) is 0 Å². The lowest BCUT2D eigenvalue weighted by Crippen LogP contribution is -2.64. The van der Waals surface area contributed by atoms with E-state index >= 15 is 0 Å². The Balaban J connectivity index is 2.52. The Bertz CT molecular complexity index is 1300. The van der Waals surface area contributed by atoms with Crippen LogP contribution in [0.1, 0.15) is 149 Å². The van der Waals surface area contributed by atoms with Crippen LogP contribution in [-0.2, 0) is 32.7 Å². The number of rotatable bonds is 35. The van der Waals surface area contributed by atoms with E-state index in [-0.39, 0.29) is 18.9 Å². The third kappa shape index (κ3) is 28.2. The summed E-state index contributed by atoms with van der Waals surface area (Å²) in [5.41, 5.74) is 0. The maximum Gasteiger partial charge on any atom is 0.472 e. The number of hydrogen-bond acceptors (Lipinski definition) is 13. The van der Waals surface area contributed by atoms with Crippen molar-refractivity contribution in [3.05, 3.63) is 60.8 Å². The first-order valence-electron chi connectivity index (χ1n) is 22.1. The lowest BCUT2D eigenvalue weighted by Gasteiger charge is -2.41. The summed E-state index contributed by atoms with van der Waals surface area (Å²) in [7, 11) is -5.14. The van der Waals surface area contributed by atoms with Gasteiger partial charge in [0.05, 0.1) is 12.7 Å². The molecule has 3 unspecified atom stereocenters. The van der Waals surface area contributed by atoms with Gasteiger partial charge in [0.2, 0.25) is 0 Å². The average Bonchev–Trinajstić information content (AvgIpc) is 3.21. The first kappa shape index (κ1) is 55.5. The number of carbonyl (C=O) groups excluding carboxylic acids is 2. The Morgan fingerprint density at radius 3 is 1.60 bits per heavy atom. The predicted molar refractivity (Wildman–Crippen MR) is 232 cm³/mol. The molecule has 60 heavy (non-hydrogen) atoms. The molecule has 1 aliphatic carbocycles. The minimum atomic E-state index is -5.14. The van der Waals surface area contributed by atoms with Gasteiger partial charge in [-0.2, -0.15) is 0 Å². The number of phosphoric ester groups is 1. The van der Waals surface area contributed by atoms with E-state index in [1.807, 2.05) is 12.2 Å². The Morgan fingerprint density at radius 1 is 0.583 bits per heavy atom. The van der Waals surface area contributed by atoms with E-state index in [9.17, 15) is 49.7 Å². The molecule has 1 rings (SSSR count). The van der Waals surface area contributed by atoms with Gasteiger partial charge in [0, 0.05) is 12.8 Å². The zero-order valence-electron chi connectivity index (χ0n) is 36.1. The summed E-state index contributed by atoms with van der Waals surface area (Å²) in [6.45, 7) is 2.76. The summed E-state index contributed by atoms with van der Waals surface area (Å²) < 4.78 is 33.4. The summed E-state index contributed by atoms with van der Waals surface area (Å²) in [6, 6.07) is 0. The largest absolute Gasteiger partial charge is 0.472 e. The van der Waals surface area contributed by atoms with E-state index in [1.165, 1.54) is 25.7 Å². The van der Waals surface area contributed by atoms with Gasteiger partial charge in [-0.05, 0) is 90.4 Å². The molecule has 0 radical (unpaired) electrons. The number of hydrogen-bond donors (Lipinski definition) is 7. The second-order valence-electron chi connectivity index (χ2n) is 15.5. The van der Waals surface area contributed by atoms with Crippen molar-refractivity contribution >= 4 is 19.8 Å². The van der Waals surface area contributed by atoms with Crippen LogP contribution >= 0.6 is 7.82 Å². The fourth-order valence-electron chi connectivity index (χ4n) is 6.23. The van der Waals surface area contributed by atoms with Crippen LogP contribution in [0.25, 0.3) is 0 Å². The van der Waals surface area contributed by atoms with Gasteiger partial charge in [0.1, 0.15) is 43.2 Å². The Kier molecular flexibility index (Phi) is 32.4. The smallest absolute Gasteiger partial charge is 0.462 e. The molecule has 7 N–H and O–H groups in total. The SMILES string of the molecule is CCCCCC/C=C\CCCCCCCC(=O)O[C@H](COC(=O)CCC/C=C\C/C=C\C/C=C\C/C=C\CCC[C@@H](C)O)COP(=O)(O)OC1[C@H](O)[C@H](O)C(O)[C@H](O)[C@H]1O. The lowest BCUT2D eigenvalue weighted by atomic mass is 9.85. The third-order valence-electron chi connectivity index (χ3n) is 9.85. The molecule has 0 amide bonds. The first-order chi connectivity index (χ1) is 28.8. The van der Waals surface area contributed by atoms with E-state index in [0.717, 1.165) is 77.0 Å². The Labute approximate surface area is 358 Å². The van der Waals surface area contributed by atoms with Crippen LogP contribution in [0.5, 0.6) is 0 Å². The molecule has 0 aromatic rings. The zero-order valence-corrected chi connectivity index (χ0v) is 37.0. The Hall–Kier alpha value is -2.49. The maximum atomic E-state index is 12.8. The van der Waals surface area contributed by atoms with Crippen molar-refractivity contribution in [2.45, 2.75) is 198 Å². The van der Waals surface area contributed by atoms with Crippen LogP contribution in [0.3, 0.4) is 0 Å². The van der Waals surface area contributed by atoms with E-state index in [2.05, 4.69) is 55.5 Å². The quantitative estimate of drug-likeness (QED) is 0.0145. The molecule has 346 valence electrons. The molecule has 1 aliphatic rings. The van der Waals surface area contributed by atoms with Gasteiger partial charge in [-0.1, -0.05) is 106 Å². The van der Waals surface area contributed by atoms with E-state index in [0.29, 0.717) is 19.3 Å². The van der Waals surface area contributed by atoms with Crippen molar-refractivity contribution in [1.29, 1.82) is 0 Å². The van der Waals surface area contributed by atoms with Crippen LogP contribution in [-0.4, -0.2) is 110 Å². The van der Waals surface area contributed by atoms with Crippen molar-refractivity contribution in [3.8, 4) is 0 Å². The molecule has 1 saturated carbocycles. The fourth-order valence-corrected chi connectivity index (χ4v) is 7.21. The number of phosphoric acid groups is 1. The average molecular weight is 873 g/mol. The highest BCUT2D eigenvalue weighted by Crippen LogP contribution is 2.47. The number of esters is 2.